The van der Waals surface area contributed by atoms with E-state index in [1.807, 2.05) is 0 Å². The number of rotatable bonds is 3. The van der Waals surface area contributed by atoms with Crippen LogP contribution in [0.2, 0.25) is 0 Å². The maximum absolute atomic E-state index is 12.2. The van der Waals surface area contributed by atoms with E-state index < -0.39 is 0 Å². The summed E-state index contributed by atoms with van der Waals surface area (Å²) < 4.78 is 16.4. The monoisotopic (exact) mass is 307 g/mol. The topological polar surface area (TPSA) is 76.8 Å². The Morgan fingerprint density at radius 3 is 3.09 bits per heavy atom. The number of carbonyl (C=O) groups excluding carboxylic acids is 1. The molecule has 1 N–H and O–H groups in total. The van der Waals surface area contributed by atoms with Crippen molar-refractivity contribution in [1.82, 2.24) is 15.4 Å². The molecule has 0 aliphatic carbocycles. The van der Waals surface area contributed by atoms with Crippen LogP contribution in [-0.2, 0) is 9.47 Å². The minimum Gasteiger partial charge on any atom is -0.380 e. The normalized spacial score (nSPS) is 35.5. The van der Waals surface area contributed by atoms with E-state index in [1.165, 1.54) is 6.20 Å². The first kappa shape index (κ1) is 14.2. The first-order valence-corrected chi connectivity index (χ1v) is 7.99. The second-order valence-corrected chi connectivity index (χ2v) is 6.22. The quantitative estimate of drug-likeness (QED) is 0.872. The molecule has 0 spiro atoms. The summed E-state index contributed by atoms with van der Waals surface area (Å²) in [4.78, 5) is 14.7. The summed E-state index contributed by atoms with van der Waals surface area (Å²) in [5.41, 5.74) is 0. The van der Waals surface area contributed by atoms with Crippen molar-refractivity contribution >= 4 is 5.91 Å². The van der Waals surface area contributed by atoms with Gasteiger partial charge in [0.05, 0.1) is 24.9 Å². The number of nitrogens with zero attached hydrogens (tertiary/aromatic N) is 2. The first-order valence-electron chi connectivity index (χ1n) is 7.99. The molecule has 0 bridgehead atoms. The Labute approximate surface area is 128 Å². The van der Waals surface area contributed by atoms with E-state index in [1.54, 1.807) is 6.07 Å². The molecule has 4 rings (SSSR count). The Morgan fingerprint density at radius 2 is 2.32 bits per heavy atom. The fourth-order valence-corrected chi connectivity index (χ4v) is 3.90. The zero-order valence-electron chi connectivity index (χ0n) is 12.4. The number of hydrogen-bond acceptors (Lipinski definition) is 6. The highest BCUT2D eigenvalue weighted by molar-refractivity contribution is 5.91. The number of fused-ring (bicyclic) bond motifs is 1. The lowest BCUT2D eigenvalue weighted by atomic mass is 10.00. The number of carbonyl (C=O) groups is 1. The van der Waals surface area contributed by atoms with Gasteiger partial charge in [-0.15, -0.1) is 0 Å². The molecule has 3 fully saturated rings. The molecule has 3 aliphatic heterocycles. The van der Waals surface area contributed by atoms with Gasteiger partial charge in [-0.1, -0.05) is 5.16 Å². The van der Waals surface area contributed by atoms with Crippen molar-refractivity contribution in [1.29, 1.82) is 0 Å². The molecule has 7 heteroatoms. The van der Waals surface area contributed by atoms with Gasteiger partial charge in [-0.2, -0.15) is 0 Å². The van der Waals surface area contributed by atoms with Crippen molar-refractivity contribution in [3.05, 3.63) is 18.0 Å². The molecule has 1 aromatic heterocycles. The van der Waals surface area contributed by atoms with Crippen LogP contribution in [0.25, 0.3) is 0 Å². The fraction of sp³-hybridized carbons (Fsp3) is 0.733. The molecule has 0 saturated carbocycles. The summed E-state index contributed by atoms with van der Waals surface area (Å²) in [5, 5.41) is 6.64. The number of amides is 1. The van der Waals surface area contributed by atoms with Crippen molar-refractivity contribution in [3.63, 3.8) is 0 Å². The highest BCUT2D eigenvalue weighted by atomic mass is 16.5. The van der Waals surface area contributed by atoms with Gasteiger partial charge in [-0.25, -0.2) is 0 Å². The number of ether oxygens (including phenoxy) is 2. The van der Waals surface area contributed by atoms with Gasteiger partial charge >= 0.3 is 0 Å². The Balaban J connectivity index is 1.48. The van der Waals surface area contributed by atoms with E-state index in [2.05, 4.69) is 15.4 Å². The second-order valence-electron chi connectivity index (χ2n) is 6.22. The molecule has 22 heavy (non-hydrogen) atoms. The standard InChI is InChI=1S/C15H21N3O4/c19-15(13-3-5-16-22-13)17-11-8-18(10-4-7-20-9-10)12-2-1-6-21-14(11)12/h3,5,10-12,14H,1-2,4,6-9H2,(H,17,19)/t10?,11-,12+,14+/m1/s1. The van der Waals surface area contributed by atoms with Crippen molar-refractivity contribution in [2.45, 2.75) is 43.5 Å². The third kappa shape index (κ3) is 2.53. The van der Waals surface area contributed by atoms with Gasteiger partial charge in [0.1, 0.15) is 0 Å². The van der Waals surface area contributed by atoms with Crippen LogP contribution in [0.5, 0.6) is 0 Å². The minimum atomic E-state index is -0.222. The molecular weight excluding hydrogens is 286 g/mol. The average molecular weight is 307 g/mol. The minimum absolute atomic E-state index is 0.0106. The molecule has 1 unspecified atom stereocenters. The molecule has 3 saturated heterocycles. The lowest BCUT2D eigenvalue weighted by Gasteiger charge is -2.34. The van der Waals surface area contributed by atoms with Gasteiger partial charge in [0, 0.05) is 37.9 Å². The molecule has 120 valence electrons. The van der Waals surface area contributed by atoms with Crippen molar-refractivity contribution in [2.24, 2.45) is 0 Å². The molecule has 7 nitrogen and oxygen atoms in total. The zero-order chi connectivity index (χ0) is 14.9. The Bertz CT molecular complexity index is 515. The maximum atomic E-state index is 12.2. The molecule has 3 aliphatic rings. The third-order valence-corrected chi connectivity index (χ3v) is 4.92. The smallest absolute Gasteiger partial charge is 0.290 e. The van der Waals surface area contributed by atoms with E-state index >= 15 is 0 Å². The predicted molar refractivity (Wildman–Crippen MR) is 76.4 cm³/mol. The highest BCUT2D eigenvalue weighted by Gasteiger charge is 2.47. The SMILES string of the molecule is O=C(N[C@@H]1CN(C2CCOC2)[C@H]2CCCO[C@@H]12)c1ccno1. The zero-order valence-corrected chi connectivity index (χ0v) is 12.4. The van der Waals surface area contributed by atoms with Crippen LogP contribution in [0.1, 0.15) is 29.8 Å². The van der Waals surface area contributed by atoms with Gasteiger partial charge < -0.3 is 19.3 Å². The average Bonchev–Trinajstić information content (AvgIpc) is 3.28. The largest absolute Gasteiger partial charge is 0.380 e. The molecular formula is C15H21N3O4. The predicted octanol–water partition coefficient (Wildman–Crippen LogP) is 0.425. The van der Waals surface area contributed by atoms with Crippen LogP contribution in [-0.4, -0.2) is 66.6 Å². The van der Waals surface area contributed by atoms with E-state index in [0.717, 1.165) is 45.6 Å². The summed E-state index contributed by atoms with van der Waals surface area (Å²) in [6.45, 7) is 3.19. The lowest BCUT2D eigenvalue weighted by Crippen LogP contribution is -2.48. The Hall–Kier alpha value is -1.44. The van der Waals surface area contributed by atoms with Crippen molar-refractivity contribution in [3.8, 4) is 0 Å². The van der Waals surface area contributed by atoms with Gasteiger partial charge in [-0.3, -0.25) is 9.69 Å². The second kappa shape index (κ2) is 5.98. The Kier molecular flexibility index (Phi) is 3.85. The van der Waals surface area contributed by atoms with E-state index in [9.17, 15) is 4.79 Å². The van der Waals surface area contributed by atoms with Gasteiger partial charge in [0.15, 0.2) is 0 Å². The lowest BCUT2D eigenvalue weighted by molar-refractivity contribution is -0.0271. The van der Waals surface area contributed by atoms with E-state index in [0.29, 0.717) is 12.1 Å². The molecule has 1 amide bonds. The molecule has 4 heterocycles. The van der Waals surface area contributed by atoms with Crippen molar-refractivity contribution < 1.29 is 18.8 Å². The van der Waals surface area contributed by atoms with E-state index in [4.69, 9.17) is 14.0 Å². The summed E-state index contributed by atoms with van der Waals surface area (Å²) in [6.07, 6.45) is 4.79. The van der Waals surface area contributed by atoms with Crippen LogP contribution in [0, 0.1) is 0 Å². The summed E-state index contributed by atoms with van der Waals surface area (Å²) >= 11 is 0. The van der Waals surface area contributed by atoms with Crippen LogP contribution < -0.4 is 5.32 Å². The van der Waals surface area contributed by atoms with Crippen LogP contribution in [0.3, 0.4) is 0 Å². The Morgan fingerprint density at radius 1 is 1.36 bits per heavy atom. The third-order valence-electron chi connectivity index (χ3n) is 4.92. The van der Waals surface area contributed by atoms with Crippen LogP contribution >= 0.6 is 0 Å². The highest BCUT2D eigenvalue weighted by Crippen LogP contribution is 2.32. The first-order chi connectivity index (χ1) is 10.8. The van der Waals surface area contributed by atoms with Crippen molar-refractivity contribution in [2.75, 3.05) is 26.4 Å². The molecule has 4 atom stereocenters. The summed E-state index contributed by atoms with van der Waals surface area (Å²) in [5.74, 6) is 0.0231. The number of aromatic nitrogens is 1. The fourth-order valence-electron chi connectivity index (χ4n) is 3.90. The molecule has 0 aromatic carbocycles. The number of nitrogens with one attached hydrogen (secondary N) is 1. The van der Waals surface area contributed by atoms with Crippen LogP contribution in [0.15, 0.2) is 16.8 Å². The number of likely N-dealkylation sites (tertiary alicyclic amines) is 1. The van der Waals surface area contributed by atoms with Crippen LogP contribution in [0.4, 0.5) is 0 Å². The number of hydrogen-bond donors (Lipinski definition) is 1. The van der Waals surface area contributed by atoms with Gasteiger partial charge in [0.25, 0.3) is 5.91 Å². The summed E-state index contributed by atoms with van der Waals surface area (Å²) in [6, 6.07) is 2.39. The molecule has 0 radical (unpaired) electrons. The molecule has 1 aromatic rings. The van der Waals surface area contributed by atoms with Gasteiger partial charge in [-0.05, 0) is 19.3 Å². The maximum Gasteiger partial charge on any atom is 0.290 e. The summed E-state index contributed by atoms with van der Waals surface area (Å²) in [7, 11) is 0. The van der Waals surface area contributed by atoms with Gasteiger partial charge in [0.2, 0.25) is 5.76 Å². The van der Waals surface area contributed by atoms with E-state index in [-0.39, 0.29) is 23.8 Å².